The zero-order valence-corrected chi connectivity index (χ0v) is 18.4. The minimum Gasteiger partial charge on any atom is -0.384 e. The molecule has 1 unspecified atom stereocenters. The van der Waals surface area contributed by atoms with Crippen LogP contribution in [0, 0.1) is 5.41 Å². The van der Waals surface area contributed by atoms with Crippen molar-refractivity contribution < 1.29 is 9.59 Å². The van der Waals surface area contributed by atoms with Crippen LogP contribution in [0.15, 0.2) is 60.9 Å². The summed E-state index contributed by atoms with van der Waals surface area (Å²) >= 11 is 6.34. The zero-order chi connectivity index (χ0) is 22.5. The van der Waals surface area contributed by atoms with Crippen molar-refractivity contribution >= 4 is 47.3 Å². The summed E-state index contributed by atoms with van der Waals surface area (Å²) in [5.74, 6) is -1.34. The Morgan fingerprint density at radius 3 is 2.44 bits per heavy atom. The van der Waals surface area contributed by atoms with E-state index in [0.29, 0.717) is 38.5 Å². The number of nitrogens with two attached hydrogens (primary N) is 3. The summed E-state index contributed by atoms with van der Waals surface area (Å²) in [6.45, 7) is 0. The van der Waals surface area contributed by atoms with Gasteiger partial charge in [0.1, 0.15) is 11.9 Å². The first-order chi connectivity index (χ1) is 14.8. The van der Waals surface area contributed by atoms with Gasteiger partial charge in [0.15, 0.2) is 0 Å². The summed E-state index contributed by atoms with van der Waals surface area (Å²) in [4.78, 5) is 28.1. The Balaban J connectivity index is 0.00000363. The maximum Gasteiger partial charge on any atom is 0.249 e. The van der Waals surface area contributed by atoms with Gasteiger partial charge in [-0.1, -0.05) is 35.9 Å². The standard InChI is InChI=1S/C22H21ClN6O2.ClH/c23-17-5-1-4-15(21(26)30)16(17)9-12-6-7-13(20(24)25)10-18(12)29-19(22(27)31)14-3-2-8-28-11-14;/h1-8,10-11,19,29H,9H2,(H3,24,25)(H2,26,30)(H2,27,31);1H. The molecule has 0 spiro atoms. The Kier molecular flexibility index (Phi) is 8.17. The SMILES string of the molecule is Cl.N=C(N)c1ccc(Cc2c(Cl)cccc2C(N)=O)c(NC(C(N)=O)c2cccnc2)c1. The van der Waals surface area contributed by atoms with Crippen molar-refractivity contribution in [2.24, 2.45) is 17.2 Å². The Morgan fingerprint density at radius 1 is 1.09 bits per heavy atom. The van der Waals surface area contributed by atoms with E-state index < -0.39 is 17.9 Å². The van der Waals surface area contributed by atoms with E-state index in [2.05, 4.69) is 10.3 Å². The highest BCUT2D eigenvalue weighted by Crippen LogP contribution is 2.29. The minimum atomic E-state index is -0.878. The van der Waals surface area contributed by atoms with Gasteiger partial charge in [-0.15, -0.1) is 12.4 Å². The molecule has 8 N–H and O–H groups in total. The van der Waals surface area contributed by atoms with Crippen molar-refractivity contribution in [1.29, 1.82) is 5.41 Å². The van der Waals surface area contributed by atoms with Crippen molar-refractivity contribution in [3.8, 4) is 0 Å². The Morgan fingerprint density at radius 2 is 1.84 bits per heavy atom. The van der Waals surface area contributed by atoms with E-state index in [0.717, 1.165) is 0 Å². The number of primary amides is 2. The Hall–Kier alpha value is -3.62. The third-order valence-corrected chi connectivity index (χ3v) is 5.13. The smallest absolute Gasteiger partial charge is 0.249 e. The van der Waals surface area contributed by atoms with Gasteiger partial charge in [-0.3, -0.25) is 20.0 Å². The summed E-state index contributed by atoms with van der Waals surface area (Å²) < 4.78 is 0. The largest absolute Gasteiger partial charge is 0.384 e. The van der Waals surface area contributed by atoms with Gasteiger partial charge in [0.05, 0.1) is 0 Å². The van der Waals surface area contributed by atoms with Gasteiger partial charge < -0.3 is 22.5 Å². The van der Waals surface area contributed by atoms with Crippen LogP contribution in [0.1, 0.15) is 38.7 Å². The van der Waals surface area contributed by atoms with Gasteiger partial charge in [0.25, 0.3) is 0 Å². The van der Waals surface area contributed by atoms with Gasteiger partial charge in [0, 0.05) is 46.2 Å². The predicted molar refractivity (Wildman–Crippen MR) is 127 cm³/mol. The van der Waals surface area contributed by atoms with Crippen LogP contribution in [0.5, 0.6) is 0 Å². The van der Waals surface area contributed by atoms with Crippen molar-refractivity contribution in [2.75, 3.05) is 5.32 Å². The maximum absolute atomic E-state index is 12.2. The van der Waals surface area contributed by atoms with Gasteiger partial charge in [-0.2, -0.15) is 0 Å². The molecule has 1 aromatic heterocycles. The molecule has 2 aromatic carbocycles. The summed E-state index contributed by atoms with van der Waals surface area (Å²) in [6.07, 6.45) is 3.37. The average Bonchev–Trinajstić information content (AvgIpc) is 2.74. The maximum atomic E-state index is 12.2. The number of anilines is 1. The lowest BCUT2D eigenvalue weighted by Gasteiger charge is -2.21. The lowest BCUT2D eigenvalue weighted by molar-refractivity contribution is -0.118. The number of hydrogen-bond acceptors (Lipinski definition) is 5. The number of halogens is 2. The number of benzene rings is 2. The Labute approximate surface area is 196 Å². The molecule has 0 radical (unpaired) electrons. The minimum absolute atomic E-state index is 0. The van der Waals surface area contributed by atoms with Crippen LogP contribution in [0.2, 0.25) is 5.02 Å². The van der Waals surface area contributed by atoms with Crippen LogP contribution in [0.4, 0.5) is 5.69 Å². The van der Waals surface area contributed by atoms with E-state index in [1.807, 2.05) is 0 Å². The van der Waals surface area contributed by atoms with Crippen LogP contribution < -0.4 is 22.5 Å². The molecule has 10 heteroatoms. The lowest BCUT2D eigenvalue weighted by Crippen LogP contribution is -2.28. The van der Waals surface area contributed by atoms with Gasteiger partial charge in [-0.25, -0.2) is 0 Å². The van der Waals surface area contributed by atoms with Crippen molar-refractivity contribution in [3.05, 3.63) is 93.8 Å². The van der Waals surface area contributed by atoms with E-state index in [1.165, 1.54) is 6.20 Å². The van der Waals surface area contributed by atoms with Crippen molar-refractivity contribution in [1.82, 2.24) is 4.98 Å². The quantitative estimate of drug-likeness (QED) is 0.251. The molecular formula is C22H22Cl2N6O2. The molecule has 0 saturated carbocycles. The normalized spacial score (nSPS) is 11.2. The number of rotatable bonds is 8. The van der Waals surface area contributed by atoms with Crippen LogP contribution >= 0.6 is 24.0 Å². The monoisotopic (exact) mass is 472 g/mol. The molecule has 1 heterocycles. The second kappa shape index (κ2) is 10.6. The number of nitrogens with one attached hydrogen (secondary N) is 2. The highest BCUT2D eigenvalue weighted by atomic mass is 35.5. The average molecular weight is 473 g/mol. The number of nitrogens with zero attached hydrogens (tertiary/aromatic N) is 1. The fraction of sp³-hybridized carbons (Fsp3) is 0.0909. The fourth-order valence-corrected chi connectivity index (χ4v) is 3.45. The number of carbonyl (C=O) groups excluding carboxylic acids is 2. The number of hydrogen-bond donors (Lipinski definition) is 5. The fourth-order valence-electron chi connectivity index (χ4n) is 3.21. The molecule has 0 bridgehead atoms. The number of pyridine rings is 1. The molecule has 3 rings (SSSR count). The summed E-state index contributed by atoms with van der Waals surface area (Å²) in [7, 11) is 0. The third kappa shape index (κ3) is 5.54. The highest BCUT2D eigenvalue weighted by molar-refractivity contribution is 6.32. The topological polar surface area (TPSA) is 161 Å². The highest BCUT2D eigenvalue weighted by Gasteiger charge is 2.21. The van der Waals surface area contributed by atoms with Crippen molar-refractivity contribution in [2.45, 2.75) is 12.5 Å². The first kappa shape index (κ1) is 24.6. The molecule has 0 fully saturated rings. The summed E-state index contributed by atoms with van der Waals surface area (Å²) in [5, 5.41) is 11.3. The number of nitrogen functional groups attached to an aromatic ring is 1. The molecule has 1 atom stereocenters. The molecule has 166 valence electrons. The zero-order valence-electron chi connectivity index (χ0n) is 16.8. The molecule has 32 heavy (non-hydrogen) atoms. The molecule has 2 amide bonds. The van der Waals surface area contributed by atoms with E-state index in [4.69, 9.17) is 34.2 Å². The van der Waals surface area contributed by atoms with Crippen LogP contribution in [-0.4, -0.2) is 22.6 Å². The number of aromatic nitrogens is 1. The second-order valence-corrected chi connectivity index (χ2v) is 7.27. The molecule has 0 aliphatic heterocycles. The van der Waals surface area contributed by atoms with E-state index in [-0.39, 0.29) is 24.7 Å². The molecule has 0 aliphatic carbocycles. The van der Waals surface area contributed by atoms with E-state index in [1.54, 1.807) is 54.7 Å². The van der Waals surface area contributed by atoms with Crippen LogP contribution in [0.25, 0.3) is 0 Å². The summed E-state index contributed by atoms with van der Waals surface area (Å²) in [6, 6.07) is 12.5. The van der Waals surface area contributed by atoms with Gasteiger partial charge in [-0.05, 0) is 35.4 Å². The molecule has 8 nitrogen and oxygen atoms in total. The molecular weight excluding hydrogens is 451 g/mol. The predicted octanol–water partition coefficient (Wildman–Crippen LogP) is 2.77. The number of amides is 2. The van der Waals surface area contributed by atoms with E-state index in [9.17, 15) is 9.59 Å². The number of amidine groups is 1. The molecule has 0 aliphatic rings. The third-order valence-electron chi connectivity index (χ3n) is 4.77. The van der Waals surface area contributed by atoms with Gasteiger partial charge in [0.2, 0.25) is 11.8 Å². The summed E-state index contributed by atoms with van der Waals surface area (Å²) in [5.41, 5.74) is 19.9. The van der Waals surface area contributed by atoms with Crippen LogP contribution in [0.3, 0.4) is 0 Å². The van der Waals surface area contributed by atoms with Crippen molar-refractivity contribution in [3.63, 3.8) is 0 Å². The first-order valence-electron chi connectivity index (χ1n) is 9.28. The molecule has 0 saturated heterocycles. The second-order valence-electron chi connectivity index (χ2n) is 6.86. The molecule has 3 aromatic rings. The van der Waals surface area contributed by atoms with E-state index >= 15 is 0 Å². The lowest BCUT2D eigenvalue weighted by atomic mass is 9.96. The number of carbonyl (C=O) groups is 2. The van der Waals surface area contributed by atoms with Gasteiger partial charge >= 0.3 is 0 Å². The van der Waals surface area contributed by atoms with Crippen LogP contribution in [-0.2, 0) is 11.2 Å². The Bertz CT molecular complexity index is 1150. The first-order valence-corrected chi connectivity index (χ1v) is 9.66.